The molecule has 0 spiro atoms. The Labute approximate surface area is 177 Å². The molecule has 154 valence electrons. The standard InChI is InChI=1S/C25H27N3O2/c1-17(2)21-12-6-7-14-23(21)26-24(29)15-18(3)27-28-25(30)16-20-11-8-10-19-9-4-5-13-22(19)20/h4-14,17H,15-16H2,1-3H3,(H,26,29)(H,28,30)/b27-18+. The molecule has 5 nitrogen and oxygen atoms in total. The van der Waals surface area contributed by atoms with Gasteiger partial charge in [-0.25, -0.2) is 5.43 Å². The lowest BCUT2D eigenvalue weighted by atomic mass is 10.0. The molecule has 3 rings (SSSR count). The number of amides is 2. The number of hydrogen-bond donors (Lipinski definition) is 2. The molecule has 0 unspecified atom stereocenters. The molecule has 0 heterocycles. The van der Waals surface area contributed by atoms with Gasteiger partial charge >= 0.3 is 0 Å². The second-order valence-corrected chi connectivity index (χ2v) is 7.66. The Morgan fingerprint density at radius 1 is 0.900 bits per heavy atom. The predicted octanol–water partition coefficient (Wildman–Crippen LogP) is 5.03. The zero-order valence-electron chi connectivity index (χ0n) is 17.6. The van der Waals surface area contributed by atoms with Crippen LogP contribution in [0.2, 0.25) is 0 Å². The SMILES string of the molecule is C/C(CC(=O)Nc1ccccc1C(C)C)=N\NC(=O)Cc1cccc2ccccc12. The molecule has 0 fully saturated rings. The summed E-state index contributed by atoms with van der Waals surface area (Å²) in [5, 5.41) is 9.19. The van der Waals surface area contributed by atoms with Crippen LogP contribution in [0.5, 0.6) is 0 Å². The van der Waals surface area contributed by atoms with Gasteiger partial charge in [-0.3, -0.25) is 9.59 Å². The van der Waals surface area contributed by atoms with Gasteiger partial charge in [-0.15, -0.1) is 0 Å². The normalized spacial score (nSPS) is 11.5. The monoisotopic (exact) mass is 401 g/mol. The summed E-state index contributed by atoms with van der Waals surface area (Å²) >= 11 is 0. The van der Waals surface area contributed by atoms with Crippen LogP contribution >= 0.6 is 0 Å². The number of nitrogens with zero attached hydrogens (tertiary/aromatic N) is 1. The summed E-state index contributed by atoms with van der Waals surface area (Å²) in [4.78, 5) is 24.7. The maximum atomic E-state index is 12.4. The van der Waals surface area contributed by atoms with E-state index in [9.17, 15) is 9.59 Å². The van der Waals surface area contributed by atoms with E-state index in [2.05, 4.69) is 29.7 Å². The van der Waals surface area contributed by atoms with Gasteiger partial charge < -0.3 is 5.32 Å². The van der Waals surface area contributed by atoms with Crippen LogP contribution in [0.3, 0.4) is 0 Å². The van der Waals surface area contributed by atoms with Crippen LogP contribution in [-0.2, 0) is 16.0 Å². The van der Waals surface area contributed by atoms with E-state index in [-0.39, 0.29) is 24.7 Å². The van der Waals surface area contributed by atoms with Crippen LogP contribution < -0.4 is 10.7 Å². The van der Waals surface area contributed by atoms with Gasteiger partial charge in [0.1, 0.15) is 0 Å². The predicted molar refractivity (Wildman–Crippen MR) is 123 cm³/mol. The van der Waals surface area contributed by atoms with Crippen molar-refractivity contribution in [3.63, 3.8) is 0 Å². The summed E-state index contributed by atoms with van der Waals surface area (Å²) in [6.45, 7) is 5.90. The van der Waals surface area contributed by atoms with Crippen LogP contribution in [0.25, 0.3) is 10.8 Å². The minimum absolute atomic E-state index is 0.112. The summed E-state index contributed by atoms with van der Waals surface area (Å²) in [5.41, 5.74) is 5.95. The molecule has 0 aromatic heterocycles. The number of rotatable bonds is 7. The number of hydrazone groups is 1. The van der Waals surface area contributed by atoms with Crippen molar-refractivity contribution in [2.24, 2.45) is 5.10 Å². The zero-order valence-corrected chi connectivity index (χ0v) is 17.6. The number of fused-ring (bicyclic) bond motifs is 1. The molecule has 0 atom stereocenters. The molecule has 3 aromatic carbocycles. The van der Waals surface area contributed by atoms with Crippen molar-refractivity contribution >= 4 is 34.0 Å². The quantitative estimate of drug-likeness (QED) is 0.431. The van der Waals surface area contributed by atoms with Crippen molar-refractivity contribution in [1.82, 2.24) is 5.43 Å². The average Bonchev–Trinajstić information content (AvgIpc) is 2.73. The first-order valence-corrected chi connectivity index (χ1v) is 10.1. The topological polar surface area (TPSA) is 70.6 Å². The summed E-state index contributed by atoms with van der Waals surface area (Å²) in [6.07, 6.45) is 0.340. The highest BCUT2D eigenvalue weighted by atomic mass is 16.2. The molecule has 0 aliphatic carbocycles. The smallest absolute Gasteiger partial charge is 0.244 e. The van der Waals surface area contributed by atoms with E-state index in [1.807, 2.05) is 66.7 Å². The Kier molecular flexibility index (Phi) is 6.96. The summed E-state index contributed by atoms with van der Waals surface area (Å²) in [6, 6.07) is 21.6. The lowest BCUT2D eigenvalue weighted by Crippen LogP contribution is -2.23. The average molecular weight is 402 g/mol. The molecule has 3 aromatic rings. The molecule has 0 aliphatic rings. The van der Waals surface area contributed by atoms with Gasteiger partial charge in [0.05, 0.1) is 12.8 Å². The van der Waals surface area contributed by atoms with Gasteiger partial charge in [-0.2, -0.15) is 5.10 Å². The molecule has 30 heavy (non-hydrogen) atoms. The van der Waals surface area contributed by atoms with Gasteiger partial charge in [0.2, 0.25) is 11.8 Å². The highest BCUT2D eigenvalue weighted by Gasteiger charge is 2.11. The first kappa shape index (κ1) is 21.2. The molecule has 0 saturated carbocycles. The third-order valence-electron chi connectivity index (χ3n) is 4.88. The lowest BCUT2D eigenvalue weighted by molar-refractivity contribution is -0.120. The Bertz CT molecular complexity index is 1080. The van der Waals surface area contributed by atoms with Crippen molar-refractivity contribution < 1.29 is 9.59 Å². The molecule has 0 bridgehead atoms. The van der Waals surface area contributed by atoms with Gasteiger partial charge in [0.15, 0.2) is 0 Å². The molecular weight excluding hydrogens is 374 g/mol. The van der Waals surface area contributed by atoms with Crippen LogP contribution in [0.1, 0.15) is 44.2 Å². The number of hydrogen-bond acceptors (Lipinski definition) is 3. The first-order valence-electron chi connectivity index (χ1n) is 10.1. The second kappa shape index (κ2) is 9.83. The third-order valence-corrected chi connectivity index (χ3v) is 4.88. The summed E-state index contributed by atoms with van der Waals surface area (Å²) in [7, 11) is 0. The van der Waals surface area contributed by atoms with Crippen molar-refractivity contribution in [1.29, 1.82) is 0 Å². The lowest BCUT2D eigenvalue weighted by Gasteiger charge is -2.13. The van der Waals surface area contributed by atoms with Gasteiger partial charge in [0, 0.05) is 11.4 Å². The van der Waals surface area contributed by atoms with E-state index < -0.39 is 0 Å². The van der Waals surface area contributed by atoms with E-state index in [1.165, 1.54) is 0 Å². The van der Waals surface area contributed by atoms with Crippen LogP contribution in [0.4, 0.5) is 5.69 Å². The number of benzene rings is 3. The summed E-state index contributed by atoms with van der Waals surface area (Å²) in [5.74, 6) is -0.0615. The highest BCUT2D eigenvalue weighted by molar-refractivity contribution is 6.06. The van der Waals surface area contributed by atoms with Crippen LogP contribution in [0.15, 0.2) is 71.8 Å². The molecule has 0 aliphatic heterocycles. The van der Waals surface area contributed by atoms with Crippen LogP contribution in [0, 0.1) is 0 Å². The van der Waals surface area contributed by atoms with E-state index in [0.29, 0.717) is 11.6 Å². The van der Waals surface area contributed by atoms with E-state index in [1.54, 1.807) is 6.92 Å². The highest BCUT2D eigenvalue weighted by Crippen LogP contribution is 2.23. The Balaban J connectivity index is 1.57. The minimum Gasteiger partial charge on any atom is -0.325 e. The second-order valence-electron chi connectivity index (χ2n) is 7.66. The Hall–Kier alpha value is -3.47. The maximum Gasteiger partial charge on any atom is 0.244 e. The molecule has 2 amide bonds. The molecular formula is C25H27N3O2. The maximum absolute atomic E-state index is 12.4. The molecule has 0 radical (unpaired) electrons. The van der Waals surface area contributed by atoms with Gasteiger partial charge in [-0.05, 0) is 40.8 Å². The fraction of sp³-hybridized carbons (Fsp3) is 0.240. The Morgan fingerprint density at radius 3 is 2.40 bits per heavy atom. The fourth-order valence-corrected chi connectivity index (χ4v) is 3.40. The molecule has 5 heteroatoms. The number of carbonyl (C=O) groups is 2. The third kappa shape index (κ3) is 5.54. The number of nitrogens with one attached hydrogen (secondary N) is 2. The van der Waals surface area contributed by atoms with Crippen molar-refractivity contribution in [2.45, 2.75) is 39.5 Å². The summed E-state index contributed by atoms with van der Waals surface area (Å²) < 4.78 is 0. The molecule has 0 saturated heterocycles. The first-order chi connectivity index (χ1) is 14.4. The number of carbonyl (C=O) groups excluding carboxylic acids is 2. The fourth-order valence-electron chi connectivity index (χ4n) is 3.40. The van der Waals surface area contributed by atoms with E-state index in [4.69, 9.17) is 0 Å². The van der Waals surface area contributed by atoms with Gasteiger partial charge in [-0.1, -0.05) is 74.5 Å². The Morgan fingerprint density at radius 2 is 1.60 bits per heavy atom. The molecule has 2 N–H and O–H groups in total. The zero-order chi connectivity index (χ0) is 21.5. The number of para-hydroxylation sites is 1. The van der Waals surface area contributed by atoms with Crippen molar-refractivity contribution in [2.75, 3.05) is 5.32 Å². The number of anilines is 1. The largest absolute Gasteiger partial charge is 0.325 e. The van der Waals surface area contributed by atoms with Crippen LogP contribution in [-0.4, -0.2) is 17.5 Å². The van der Waals surface area contributed by atoms with Gasteiger partial charge in [0.25, 0.3) is 0 Å². The van der Waals surface area contributed by atoms with E-state index in [0.717, 1.165) is 27.6 Å². The van der Waals surface area contributed by atoms with Crippen molar-refractivity contribution in [3.8, 4) is 0 Å². The van der Waals surface area contributed by atoms with Crippen molar-refractivity contribution in [3.05, 3.63) is 77.9 Å². The van der Waals surface area contributed by atoms with E-state index >= 15 is 0 Å². The minimum atomic E-state index is -0.212.